The van der Waals surface area contributed by atoms with Crippen molar-refractivity contribution in [3.63, 3.8) is 0 Å². The van der Waals surface area contributed by atoms with Gasteiger partial charge in [0.2, 0.25) is 0 Å². The highest BCUT2D eigenvalue weighted by Gasteiger charge is 2.20. The molecule has 0 bridgehead atoms. The lowest BCUT2D eigenvalue weighted by Gasteiger charge is -2.13. The zero-order valence-corrected chi connectivity index (χ0v) is 30.7. The lowest BCUT2D eigenvalue weighted by Crippen LogP contribution is -2.00. The summed E-state index contributed by atoms with van der Waals surface area (Å²) < 4.78 is 6.67. The molecule has 10 rings (SSSR count). The quantitative estimate of drug-likeness (QED) is 0.163. The zero-order valence-electron chi connectivity index (χ0n) is 30.7. The summed E-state index contributed by atoms with van der Waals surface area (Å²) in [5, 5.41) is 11.5. The monoisotopic (exact) mass is 728 g/mol. The summed E-state index contributed by atoms with van der Waals surface area (Å²) in [6.07, 6.45) is 0. The summed E-state index contributed by atoms with van der Waals surface area (Å²) in [5.74, 6) is 1.70. The predicted molar refractivity (Wildman–Crippen MR) is 230 cm³/mol. The second-order valence-corrected chi connectivity index (χ2v) is 13.9. The molecule has 0 saturated carbocycles. The van der Waals surface area contributed by atoms with E-state index in [1.807, 2.05) is 97.1 Å². The van der Waals surface area contributed by atoms with E-state index in [-0.39, 0.29) is 0 Å². The van der Waals surface area contributed by atoms with Gasteiger partial charge in [0.25, 0.3) is 0 Å². The van der Waals surface area contributed by atoms with E-state index in [4.69, 9.17) is 19.4 Å². The summed E-state index contributed by atoms with van der Waals surface area (Å²) in [5.41, 5.74) is 13.6. The maximum Gasteiger partial charge on any atom is 0.164 e. The van der Waals surface area contributed by atoms with E-state index in [1.54, 1.807) is 0 Å². The molecule has 0 fully saturated rings. The van der Waals surface area contributed by atoms with E-state index in [9.17, 15) is 5.26 Å². The Morgan fingerprint density at radius 2 is 0.860 bits per heavy atom. The lowest BCUT2D eigenvalue weighted by atomic mass is 9.90. The molecule has 0 atom stereocenters. The topological polar surface area (TPSA) is 75.6 Å². The summed E-state index contributed by atoms with van der Waals surface area (Å²) in [6.45, 7) is 0. The number of nitrogens with zero attached hydrogens (tertiary/aromatic N) is 4. The first-order chi connectivity index (χ1) is 28.2. The normalized spacial score (nSPS) is 11.1. The molecule has 8 aromatic carbocycles. The van der Waals surface area contributed by atoms with Crippen molar-refractivity contribution in [1.29, 1.82) is 5.26 Å². The number of furan rings is 1. The highest BCUT2D eigenvalue weighted by atomic mass is 16.3. The third kappa shape index (κ3) is 6.42. The summed E-state index contributed by atoms with van der Waals surface area (Å²) in [6, 6.07) is 68.2. The minimum absolute atomic E-state index is 0.550. The molecule has 0 aliphatic heterocycles. The first kappa shape index (κ1) is 33.6. The van der Waals surface area contributed by atoms with Crippen molar-refractivity contribution in [2.24, 2.45) is 0 Å². The molecule has 0 radical (unpaired) electrons. The van der Waals surface area contributed by atoms with Crippen LogP contribution in [0.5, 0.6) is 0 Å². The highest BCUT2D eigenvalue weighted by Crippen LogP contribution is 2.44. The molecular formula is C52H32N4O. The Morgan fingerprint density at radius 1 is 0.368 bits per heavy atom. The Balaban J connectivity index is 1.10. The van der Waals surface area contributed by atoms with Crippen LogP contribution in [0.25, 0.3) is 101 Å². The van der Waals surface area contributed by atoms with E-state index in [0.29, 0.717) is 23.0 Å². The van der Waals surface area contributed by atoms with Crippen LogP contribution in [-0.4, -0.2) is 15.0 Å². The second-order valence-electron chi connectivity index (χ2n) is 13.9. The Labute approximate surface area is 329 Å². The van der Waals surface area contributed by atoms with Gasteiger partial charge in [-0.25, -0.2) is 15.0 Å². The number of rotatable bonds is 7. The van der Waals surface area contributed by atoms with Crippen LogP contribution in [0.4, 0.5) is 0 Å². The standard InChI is InChI=1S/C52H32N4O/c53-33-34-11-10-18-42(31-34)37-21-25-41(26-22-37)51-54-50(40-16-8-3-9-17-40)55-52(56-51)43-27-28-45-47(32-43)57-46-30-29-44(38-14-6-2-7-15-38)48(49(45)46)39-23-19-36(20-24-39)35-12-4-1-5-13-35/h1-32H. The van der Waals surface area contributed by atoms with E-state index in [0.717, 1.165) is 72.0 Å². The van der Waals surface area contributed by atoms with Crippen molar-refractivity contribution in [2.75, 3.05) is 0 Å². The molecule has 0 spiro atoms. The molecule has 0 unspecified atom stereocenters. The van der Waals surface area contributed by atoms with Gasteiger partial charge in [-0.3, -0.25) is 0 Å². The van der Waals surface area contributed by atoms with Gasteiger partial charge in [0.05, 0.1) is 11.6 Å². The first-order valence-electron chi connectivity index (χ1n) is 18.8. The number of aromatic nitrogens is 3. The van der Waals surface area contributed by atoms with Gasteiger partial charge in [0, 0.05) is 33.0 Å². The zero-order chi connectivity index (χ0) is 38.1. The average molecular weight is 729 g/mol. The van der Waals surface area contributed by atoms with Crippen LogP contribution in [0.15, 0.2) is 199 Å². The first-order valence-corrected chi connectivity index (χ1v) is 18.8. The Morgan fingerprint density at radius 3 is 1.51 bits per heavy atom. The second kappa shape index (κ2) is 14.4. The maximum atomic E-state index is 9.41. The number of nitriles is 1. The number of hydrogen-bond donors (Lipinski definition) is 0. The third-order valence-corrected chi connectivity index (χ3v) is 10.4. The van der Waals surface area contributed by atoms with Crippen molar-refractivity contribution >= 4 is 21.9 Å². The summed E-state index contributed by atoms with van der Waals surface area (Å²) in [4.78, 5) is 15.0. The minimum atomic E-state index is 0.550. The Kier molecular flexibility index (Phi) is 8.48. The molecule has 10 aromatic rings. The van der Waals surface area contributed by atoms with E-state index < -0.39 is 0 Å². The van der Waals surface area contributed by atoms with Gasteiger partial charge in [-0.05, 0) is 69.3 Å². The van der Waals surface area contributed by atoms with Crippen molar-refractivity contribution in [2.45, 2.75) is 0 Å². The molecule has 266 valence electrons. The van der Waals surface area contributed by atoms with Crippen LogP contribution >= 0.6 is 0 Å². The van der Waals surface area contributed by atoms with E-state index in [1.165, 1.54) is 11.1 Å². The molecule has 0 aliphatic carbocycles. The molecule has 2 heterocycles. The minimum Gasteiger partial charge on any atom is -0.456 e. The van der Waals surface area contributed by atoms with Crippen molar-refractivity contribution in [3.8, 4) is 84.7 Å². The number of fused-ring (bicyclic) bond motifs is 3. The van der Waals surface area contributed by atoms with Crippen molar-refractivity contribution in [1.82, 2.24) is 15.0 Å². The molecule has 0 N–H and O–H groups in total. The van der Waals surface area contributed by atoms with Crippen LogP contribution in [-0.2, 0) is 0 Å². The maximum absolute atomic E-state index is 9.41. The van der Waals surface area contributed by atoms with Crippen LogP contribution in [0, 0.1) is 11.3 Å². The molecular weight excluding hydrogens is 697 g/mol. The predicted octanol–water partition coefficient (Wildman–Crippen LogP) is 13.3. The van der Waals surface area contributed by atoms with E-state index >= 15 is 0 Å². The van der Waals surface area contributed by atoms with Gasteiger partial charge >= 0.3 is 0 Å². The molecule has 2 aromatic heterocycles. The number of hydrogen-bond acceptors (Lipinski definition) is 5. The lowest BCUT2D eigenvalue weighted by molar-refractivity contribution is 0.669. The fraction of sp³-hybridized carbons (Fsp3) is 0. The fourth-order valence-electron chi connectivity index (χ4n) is 7.56. The van der Waals surface area contributed by atoms with Crippen LogP contribution in [0.1, 0.15) is 5.56 Å². The average Bonchev–Trinajstić information content (AvgIpc) is 3.68. The van der Waals surface area contributed by atoms with Gasteiger partial charge in [-0.1, -0.05) is 164 Å². The molecule has 0 amide bonds. The third-order valence-electron chi connectivity index (χ3n) is 10.4. The van der Waals surface area contributed by atoms with Crippen molar-refractivity contribution < 1.29 is 4.42 Å². The molecule has 5 heteroatoms. The Hall–Kier alpha value is -7.94. The SMILES string of the molecule is N#Cc1cccc(-c2ccc(-c3nc(-c4ccccc4)nc(-c4ccc5c(c4)oc4ccc(-c6ccccc6)c(-c6ccc(-c7ccccc7)cc6)c45)n3)cc2)c1. The fourth-order valence-corrected chi connectivity index (χ4v) is 7.56. The summed E-state index contributed by atoms with van der Waals surface area (Å²) >= 11 is 0. The smallest absolute Gasteiger partial charge is 0.164 e. The van der Waals surface area contributed by atoms with Crippen LogP contribution in [0.2, 0.25) is 0 Å². The summed E-state index contributed by atoms with van der Waals surface area (Å²) in [7, 11) is 0. The van der Waals surface area contributed by atoms with Gasteiger partial charge < -0.3 is 4.42 Å². The van der Waals surface area contributed by atoms with Crippen LogP contribution in [0.3, 0.4) is 0 Å². The highest BCUT2D eigenvalue weighted by molar-refractivity contribution is 6.16. The van der Waals surface area contributed by atoms with Gasteiger partial charge in [0.15, 0.2) is 17.5 Å². The molecule has 0 saturated heterocycles. The van der Waals surface area contributed by atoms with E-state index in [2.05, 4.69) is 103 Å². The van der Waals surface area contributed by atoms with Gasteiger partial charge in [-0.2, -0.15) is 5.26 Å². The van der Waals surface area contributed by atoms with Gasteiger partial charge in [0.1, 0.15) is 11.2 Å². The molecule has 57 heavy (non-hydrogen) atoms. The van der Waals surface area contributed by atoms with Crippen molar-refractivity contribution in [3.05, 3.63) is 200 Å². The largest absolute Gasteiger partial charge is 0.456 e. The molecule has 5 nitrogen and oxygen atoms in total. The molecule has 0 aliphatic rings. The Bertz CT molecular complexity index is 3100. The van der Waals surface area contributed by atoms with Crippen LogP contribution < -0.4 is 0 Å². The number of benzene rings is 8. The van der Waals surface area contributed by atoms with Gasteiger partial charge in [-0.15, -0.1) is 0 Å².